The molecule has 1 aliphatic carbocycles. The van der Waals surface area contributed by atoms with E-state index in [0.717, 1.165) is 53.9 Å². The summed E-state index contributed by atoms with van der Waals surface area (Å²) in [4.78, 5) is 29.7. The van der Waals surface area contributed by atoms with E-state index in [-0.39, 0.29) is 18.4 Å². The number of nitrogens with zero attached hydrogens (tertiary/aromatic N) is 4. The number of hydrogen-bond acceptors (Lipinski definition) is 6. The summed E-state index contributed by atoms with van der Waals surface area (Å²) in [6.45, 7) is 10.2. The molecular formula is C27H34N4O2S. The van der Waals surface area contributed by atoms with E-state index >= 15 is 0 Å². The second kappa shape index (κ2) is 10.0. The zero-order valence-electron chi connectivity index (χ0n) is 20.4. The summed E-state index contributed by atoms with van der Waals surface area (Å²) < 4.78 is 5.68. The molecule has 0 spiro atoms. The van der Waals surface area contributed by atoms with Crippen molar-refractivity contribution >= 4 is 33.3 Å². The van der Waals surface area contributed by atoms with Crippen LogP contribution in [-0.2, 0) is 29.0 Å². The monoisotopic (exact) mass is 478 g/mol. The maximum atomic E-state index is 12.7. The molecule has 1 aromatic carbocycles. The minimum absolute atomic E-state index is 0.0631. The van der Waals surface area contributed by atoms with E-state index in [0.29, 0.717) is 19.7 Å². The number of ether oxygens (including phenoxy) is 1. The van der Waals surface area contributed by atoms with Gasteiger partial charge in [0.15, 0.2) is 0 Å². The van der Waals surface area contributed by atoms with Gasteiger partial charge in [-0.1, -0.05) is 51.1 Å². The third-order valence-electron chi connectivity index (χ3n) is 6.94. The largest absolute Gasteiger partial charge is 0.367 e. The molecule has 1 amide bonds. The van der Waals surface area contributed by atoms with Crippen LogP contribution in [0.5, 0.6) is 0 Å². The number of amides is 1. The fourth-order valence-corrected chi connectivity index (χ4v) is 6.30. The smallest absolute Gasteiger partial charge is 0.248 e. The number of carbonyl (C=O) groups is 1. The quantitative estimate of drug-likeness (QED) is 0.509. The molecular weight excluding hydrogens is 444 g/mol. The Morgan fingerprint density at radius 1 is 1.15 bits per heavy atom. The summed E-state index contributed by atoms with van der Waals surface area (Å²) in [5.41, 5.74) is 2.55. The van der Waals surface area contributed by atoms with E-state index < -0.39 is 0 Å². The normalized spacial score (nSPS) is 18.5. The Morgan fingerprint density at radius 3 is 2.65 bits per heavy atom. The van der Waals surface area contributed by atoms with Crippen molar-refractivity contribution in [2.45, 2.75) is 52.6 Å². The maximum Gasteiger partial charge on any atom is 0.248 e. The number of piperazine rings is 1. The third-order valence-corrected chi connectivity index (χ3v) is 8.09. The van der Waals surface area contributed by atoms with Crippen LogP contribution in [0.1, 0.15) is 54.9 Å². The van der Waals surface area contributed by atoms with Gasteiger partial charge in [0, 0.05) is 37.0 Å². The third kappa shape index (κ3) is 4.82. The molecule has 0 bridgehead atoms. The number of carbonyl (C=O) groups excluding carboxylic acids is 1. The first-order chi connectivity index (χ1) is 16.5. The van der Waals surface area contributed by atoms with Crippen LogP contribution in [0.25, 0.3) is 10.2 Å². The molecule has 5 rings (SSSR count). The Morgan fingerprint density at radius 2 is 1.91 bits per heavy atom. The molecule has 0 unspecified atom stereocenters. The second-order valence-electron chi connectivity index (χ2n) is 9.94. The number of anilines is 1. The van der Waals surface area contributed by atoms with E-state index in [1.54, 1.807) is 0 Å². The number of thiophene rings is 1. The Balaban J connectivity index is 1.29. The fraction of sp³-hybridized carbons (Fsp3) is 0.519. The molecule has 34 heavy (non-hydrogen) atoms. The van der Waals surface area contributed by atoms with Gasteiger partial charge in [0.25, 0.3) is 0 Å². The van der Waals surface area contributed by atoms with Crippen LogP contribution in [0.4, 0.5) is 5.82 Å². The van der Waals surface area contributed by atoms with Gasteiger partial charge in [-0.3, -0.25) is 4.79 Å². The Labute approximate surface area is 206 Å². The zero-order chi connectivity index (χ0) is 23.7. The lowest BCUT2D eigenvalue weighted by Gasteiger charge is -2.36. The van der Waals surface area contributed by atoms with E-state index in [9.17, 15) is 4.79 Å². The summed E-state index contributed by atoms with van der Waals surface area (Å²) in [6.07, 6.45) is 3.50. The van der Waals surface area contributed by atoms with Gasteiger partial charge < -0.3 is 14.5 Å². The zero-order valence-corrected chi connectivity index (χ0v) is 21.2. The van der Waals surface area contributed by atoms with Crippen molar-refractivity contribution in [3.8, 4) is 0 Å². The highest BCUT2D eigenvalue weighted by Crippen LogP contribution is 2.41. The van der Waals surface area contributed by atoms with Crippen molar-refractivity contribution in [2.24, 2.45) is 5.92 Å². The number of aryl methyl sites for hydroxylation is 1. The van der Waals surface area contributed by atoms with Gasteiger partial charge in [-0.15, -0.1) is 11.3 Å². The molecule has 1 aliphatic heterocycles. The molecule has 0 N–H and O–H groups in total. The Kier molecular flexibility index (Phi) is 6.84. The number of rotatable bonds is 6. The van der Waals surface area contributed by atoms with Gasteiger partial charge in [0.05, 0.1) is 12.0 Å². The van der Waals surface area contributed by atoms with Crippen molar-refractivity contribution in [3.05, 3.63) is 52.2 Å². The number of benzene rings is 1. The average molecular weight is 479 g/mol. The predicted molar refractivity (Wildman–Crippen MR) is 138 cm³/mol. The minimum Gasteiger partial charge on any atom is -0.367 e. The highest BCUT2D eigenvalue weighted by atomic mass is 32.1. The predicted octanol–water partition coefficient (Wildman–Crippen LogP) is 4.80. The molecule has 1 atom stereocenters. The summed E-state index contributed by atoms with van der Waals surface area (Å²) in [5, 5.41) is 1.27. The van der Waals surface area contributed by atoms with Crippen LogP contribution >= 0.6 is 11.3 Å². The topological polar surface area (TPSA) is 58.6 Å². The van der Waals surface area contributed by atoms with Crippen molar-refractivity contribution in [1.82, 2.24) is 14.9 Å². The van der Waals surface area contributed by atoms with Crippen molar-refractivity contribution < 1.29 is 9.53 Å². The Hall–Kier alpha value is -2.51. The van der Waals surface area contributed by atoms with Crippen LogP contribution in [0.3, 0.4) is 0 Å². The van der Waals surface area contributed by atoms with E-state index in [4.69, 9.17) is 14.7 Å². The molecule has 2 aliphatic rings. The highest BCUT2D eigenvalue weighted by Gasteiger charge is 2.29. The van der Waals surface area contributed by atoms with Gasteiger partial charge in [-0.2, -0.15) is 0 Å². The van der Waals surface area contributed by atoms with Crippen molar-refractivity contribution in [3.63, 3.8) is 0 Å². The van der Waals surface area contributed by atoms with Crippen LogP contribution in [0, 0.1) is 5.92 Å². The molecule has 1 fully saturated rings. The van der Waals surface area contributed by atoms with Crippen LogP contribution in [-0.4, -0.2) is 53.6 Å². The summed E-state index contributed by atoms with van der Waals surface area (Å²) in [7, 11) is 0. The van der Waals surface area contributed by atoms with Crippen LogP contribution in [0.15, 0.2) is 30.3 Å². The molecule has 6 nitrogen and oxygen atoms in total. The first-order valence-electron chi connectivity index (χ1n) is 12.5. The maximum absolute atomic E-state index is 12.7. The molecule has 0 saturated carbocycles. The second-order valence-corrected chi connectivity index (χ2v) is 11.0. The number of aromatic nitrogens is 2. The molecule has 1 saturated heterocycles. The van der Waals surface area contributed by atoms with Gasteiger partial charge in [0.2, 0.25) is 5.91 Å². The molecule has 7 heteroatoms. The van der Waals surface area contributed by atoms with Gasteiger partial charge in [-0.25, -0.2) is 9.97 Å². The van der Waals surface area contributed by atoms with Crippen molar-refractivity contribution in [2.75, 3.05) is 37.7 Å². The standard InChI is InChI=1S/C27H34N4O2S/c1-18(2)25-28-26(24-21-10-9-19(3)15-22(21)34-27(24)29-25)31-13-11-30(12-14-31)23(32)17-33-16-20-7-5-4-6-8-20/h4-8,18-19H,9-17H2,1-3H3/t19-/m1/s1. The lowest BCUT2D eigenvalue weighted by atomic mass is 9.89. The van der Waals surface area contributed by atoms with Crippen molar-refractivity contribution in [1.29, 1.82) is 0 Å². The molecule has 3 aromatic rings. The average Bonchev–Trinajstić information content (AvgIpc) is 3.21. The van der Waals surface area contributed by atoms with E-state index in [1.807, 2.05) is 46.6 Å². The van der Waals surface area contributed by atoms with Gasteiger partial charge in [0.1, 0.15) is 23.1 Å². The van der Waals surface area contributed by atoms with Gasteiger partial charge in [-0.05, 0) is 36.3 Å². The van der Waals surface area contributed by atoms with Crippen LogP contribution < -0.4 is 4.90 Å². The van der Waals surface area contributed by atoms with E-state index in [1.165, 1.54) is 22.2 Å². The first-order valence-corrected chi connectivity index (χ1v) is 13.3. The molecule has 0 radical (unpaired) electrons. The first kappa shape index (κ1) is 23.2. The number of fused-ring (bicyclic) bond motifs is 3. The summed E-state index contributed by atoms with van der Waals surface area (Å²) in [5.74, 6) is 3.08. The highest BCUT2D eigenvalue weighted by molar-refractivity contribution is 7.19. The van der Waals surface area contributed by atoms with Gasteiger partial charge >= 0.3 is 0 Å². The lowest BCUT2D eigenvalue weighted by Crippen LogP contribution is -2.50. The summed E-state index contributed by atoms with van der Waals surface area (Å²) in [6, 6.07) is 9.98. The fourth-order valence-electron chi connectivity index (χ4n) is 4.92. The Bertz CT molecular complexity index is 1150. The van der Waals surface area contributed by atoms with E-state index in [2.05, 4.69) is 25.7 Å². The molecule has 2 aromatic heterocycles. The SMILES string of the molecule is CC(C)c1nc(N2CCN(C(=O)COCc3ccccc3)CC2)c2c3c(sc2n1)C[C@H](C)CC3. The minimum atomic E-state index is 0.0631. The van der Waals surface area contributed by atoms with Crippen LogP contribution in [0.2, 0.25) is 0 Å². The molecule has 180 valence electrons. The molecule has 3 heterocycles. The number of hydrogen-bond donors (Lipinski definition) is 0. The lowest BCUT2D eigenvalue weighted by molar-refractivity contribution is -0.136. The summed E-state index contributed by atoms with van der Waals surface area (Å²) >= 11 is 1.87.